The molecule has 3 aliphatic rings. The number of carbonyl (C=O) groups excluding carboxylic acids is 1. The number of aryl methyl sites for hydroxylation is 1. The van der Waals surface area contributed by atoms with Gasteiger partial charge in [-0.2, -0.15) is 0 Å². The van der Waals surface area contributed by atoms with Gasteiger partial charge < -0.3 is 18.9 Å². The van der Waals surface area contributed by atoms with Gasteiger partial charge in [-0.05, 0) is 36.5 Å². The summed E-state index contributed by atoms with van der Waals surface area (Å²) in [5.74, 6) is 3.17. The van der Waals surface area contributed by atoms with Gasteiger partial charge in [-0.3, -0.25) is 9.79 Å². The van der Waals surface area contributed by atoms with Crippen LogP contribution in [0.25, 0.3) is 0 Å². The predicted molar refractivity (Wildman–Crippen MR) is 100 cm³/mol. The lowest BCUT2D eigenvalue weighted by Gasteiger charge is -2.25. The SMILES string of the molecule is COc1cc2c(cc1OC)C(=O)CN=CC1=C(CC2)C(C)CC2=C1OCO2. The van der Waals surface area contributed by atoms with E-state index < -0.39 is 0 Å². The highest BCUT2D eigenvalue weighted by Crippen LogP contribution is 2.40. The first-order chi connectivity index (χ1) is 13.1. The second kappa shape index (κ2) is 7.10. The number of hydrogen-bond donors (Lipinski definition) is 0. The van der Waals surface area contributed by atoms with E-state index in [1.165, 1.54) is 5.57 Å². The highest BCUT2D eigenvalue weighted by Gasteiger charge is 2.32. The molecule has 0 radical (unpaired) electrons. The molecule has 142 valence electrons. The molecule has 1 aliphatic carbocycles. The standard InChI is InChI=1S/C21H23NO5/c1-12-6-20-21(27-11-26-20)16-9-22-10-17(23)15-8-19(25-3)18(24-2)7-13(15)4-5-14(12)16/h7-9,12H,4-6,10-11H2,1-3H3. The van der Waals surface area contributed by atoms with Crippen molar-refractivity contribution in [3.8, 4) is 11.5 Å². The van der Waals surface area contributed by atoms with Crippen LogP contribution < -0.4 is 9.47 Å². The van der Waals surface area contributed by atoms with Crippen molar-refractivity contribution >= 4 is 12.0 Å². The van der Waals surface area contributed by atoms with Gasteiger partial charge in [0, 0.05) is 23.8 Å². The fraction of sp³-hybridized carbons (Fsp3) is 0.429. The van der Waals surface area contributed by atoms with Crippen molar-refractivity contribution in [1.82, 2.24) is 0 Å². The molecule has 1 aromatic carbocycles. The molecule has 1 atom stereocenters. The van der Waals surface area contributed by atoms with E-state index in [1.807, 2.05) is 6.07 Å². The first kappa shape index (κ1) is 17.6. The number of fused-ring (bicyclic) bond motifs is 2. The number of ketones is 1. The molecule has 0 N–H and O–H groups in total. The minimum atomic E-state index is -0.0343. The second-order valence-electron chi connectivity index (χ2n) is 6.96. The van der Waals surface area contributed by atoms with E-state index in [0.29, 0.717) is 23.0 Å². The molecule has 1 aromatic rings. The fourth-order valence-electron chi connectivity index (χ4n) is 3.98. The third-order valence-corrected chi connectivity index (χ3v) is 5.40. The Balaban J connectivity index is 1.77. The Morgan fingerprint density at radius 2 is 1.89 bits per heavy atom. The molecule has 6 nitrogen and oxygen atoms in total. The Hall–Kier alpha value is -2.76. The molecule has 0 aromatic heterocycles. The Morgan fingerprint density at radius 1 is 1.11 bits per heavy atom. The van der Waals surface area contributed by atoms with Crippen LogP contribution in [0.4, 0.5) is 0 Å². The number of nitrogens with zero attached hydrogens (tertiary/aromatic N) is 1. The Bertz CT molecular complexity index is 881. The number of Topliss-reactive ketones (excluding diaryl/α,β-unsaturated/α-hetero) is 1. The average molecular weight is 369 g/mol. The van der Waals surface area contributed by atoms with Gasteiger partial charge in [-0.1, -0.05) is 12.5 Å². The first-order valence-electron chi connectivity index (χ1n) is 9.12. The van der Waals surface area contributed by atoms with Crippen LogP contribution in [0.2, 0.25) is 0 Å². The van der Waals surface area contributed by atoms with Crippen LogP contribution in [0.1, 0.15) is 35.7 Å². The average Bonchev–Trinajstić information content (AvgIpc) is 3.14. The summed E-state index contributed by atoms with van der Waals surface area (Å²) in [5, 5.41) is 0. The van der Waals surface area contributed by atoms with Gasteiger partial charge in [-0.15, -0.1) is 0 Å². The number of benzene rings is 1. The van der Waals surface area contributed by atoms with Crippen molar-refractivity contribution in [3.05, 3.63) is 45.9 Å². The predicted octanol–water partition coefficient (Wildman–Crippen LogP) is 3.46. The van der Waals surface area contributed by atoms with Gasteiger partial charge in [0.25, 0.3) is 0 Å². The topological polar surface area (TPSA) is 66.4 Å². The van der Waals surface area contributed by atoms with Gasteiger partial charge >= 0.3 is 0 Å². The lowest BCUT2D eigenvalue weighted by molar-refractivity contribution is 0.0716. The molecule has 27 heavy (non-hydrogen) atoms. The van der Waals surface area contributed by atoms with Crippen LogP contribution in [0.15, 0.2) is 39.8 Å². The summed E-state index contributed by atoms with van der Waals surface area (Å²) in [6.07, 6.45) is 4.17. The van der Waals surface area contributed by atoms with Crippen molar-refractivity contribution < 1.29 is 23.7 Å². The van der Waals surface area contributed by atoms with Gasteiger partial charge in [0.2, 0.25) is 6.79 Å². The van der Waals surface area contributed by atoms with E-state index in [-0.39, 0.29) is 19.1 Å². The zero-order valence-electron chi connectivity index (χ0n) is 15.8. The van der Waals surface area contributed by atoms with Crippen LogP contribution in [-0.2, 0) is 15.9 Å². The molecular formula is C21H23NO5. The Kier molecular flexibility index (Phi) is 4.64. The van der Waals surface area contributed by atoms with E-state index in [9.17, 15) is 4.79 Å². The number of rotatable bonds is 2. The van der Waals surface area contributed by atoms with Crippen molar-refractivity contribution in [2.24, 2.45) is 10.9 Å². The summed E-state index contributed by atoms with van der Waals surface area (Å²) in [6, 6.07) is 3.67. The van der Waals surface area contributed by atoms with E-state index in [1.54, 1.807) is 26.5 Å². The normalized spacial score (nSPS) is 21.7. The summed E-state index contributed by atoms with van der Waals surface area (Å²) in [5.41, 5.74) is 3.87. The molecule has 1 unspecified atom stereocenters. The maximum atomic E-state index is 12.7. The van der Waals surface area contributed by atoms with E-state index in [2.05, 4.69) is 11.9 Å². The monoisotopic (exact) mass is 369 g/mol. The molecule has 0 saturated carbocycles. The van der Waals surface area contributed by atoms with Crippen LogP contribution in [0, 0.1) is 5.92 Å². The van der Waals surface area contributed by atoms with Crippen molar-refractivity contribution in [1.29, 1.82) is 0 Å². The van der Waals surface area contributed by atoms with Crippen molar-refractivity contribution in [3.63, 3.8) is 0 Å². The molecule has 0 bridgehead atoms. The zero-order chi connectivity index (χ0) is 19.0. The molecule has 4 rings (SSSR count). The van der Waals surface area contributed by atoms with Crippen molar-refractivity contribution in [2.75, 3.05) is 27.6 Å². The minimum absolute atomic E-state index is 0.0343. The number of hydrogen-bond acceptors (Lipinski definition) is 6. The number of methoxy groups -OCH3 is 2. The third-order valence-electron chi connectivity index (χ3n) is 5.40. The highest BCUT2D eigenvalue weighted by molar-refractivity contribution is 6.01. The molecule has 6 heteroatoms. The van der Waals surface area contributed by atoms with E-state index in [4.69, 9.17) is 18.9 Å². The van der Waals surface area contributed by atoms with Crippen LogP contribution in [0.5, 0.6) is 11.5 Å². The molecule has 0 saturated heterocycles. The minimum Gasteiger partial charge on any atom is -0.493 e. The van der Waals surface area contributed by atoms with Crippen LogP contribution >= 0.6 is 0 Å². The number of carbonyl (C=O) groups is 1. The quantitative estimate of drug-likeness (QED) is 0.799. The lowest BCUT2D eigenvalue weighted by atomic mass is 9.82. The van der Waals surface area contributed by atoms with Crippen LogP contribution in [0.3, 0.4) is 0 Å². The third kappa shape index (κ3) is 3.09. The van der Waals surface area contributed by atoms with Crippen molar-refractivity contribution in [2.45, 2.75) is 26.2 Å². The summed E-state index contributed by atoms with van der Waals surface area (Å²) >= 11 is 0. The smallest absolute Gasteiger partial charge is 0.230 e. The van der Waals surface area contributed by atoms with Gasteiger partial charge in [0.15, 0.2) is 23.0 Å². The summed E-state index contributed by atoms with van der Waals surface area (Å²) < 4.78 is 22.1. The number of aliphatic imine (C=N–C) groups is 1. The van der Waals surface area contributed by atoms with E-state index >= 15 is 0 Å². The molecular weight excluding hydrogens is 346 g/mol. The maximum absolute atomic E-state index is 12.7. The molecule has 0 fully saturated rings. The van der Waals surface area contributed by atoms with Gasteiger partial charge in [-0.25, -0.2) is 0 Å². The van der Waals surface area contributed by atoms with Gasteiger partial charge in [0.05, 0.1) is 14.2 Å². The fourth-order valence-corrected chi connectivity index (χ4v) is 3.98. The second-order valence-corrected chi connectivity index (χ2v) is 6.96. The number of ether oxygens (including phenoxy) is 4. The Labute approximate surface area is 158 Å². The highest BCUT2D eigenvalue weighted by atomic mass is 16.7. The van der Waals surface area contributed by atoms with Crippen LogP contribution in [-0.4, -0.2) is 39.6 Å². The summed E-state index contributed by atoms with van der Waals surface area (Å²) in [7, 11) is 3.18. The van der Waals surface area contributed by atoms with E-state index in [0.717, 1.165) is 41.9 Å². The molecule has 2 aliphatic heterocycles. The molecule has 0 spiro atoms. The molecule has 0 amide bonds. The Morgan fingerprint density at radius 3 is 2.67 bits per heavy atom. The summed E-state index contributed by atoms with van der Waals surface area (Å²) in [6.45, 7) is 2.53. The maximum Gasteiger partial charge on any atom is 0.230 e. The first-order valence-corrected chi connectivity index (χ1v) is 9.12. The zero-order valence-corrected chi connectivity index (χ0v) is 15.8. The number of allylic oxidation sites excluding steroid dienone is 3. The lowest BCUT2D eigenvalue weighted by Crippen LogP contribution is -2.17. The van der Waals surface area contributed by atoms with Gasteiger partial charge in [0.1, 0.15) is 12.3 Å². The molecule has 2 heterocycles. The summed E-state index contributed by atoms with van der Waals surface area (Å²) in [4.78, 5) is 17.2. The largest absolute Gasteiger partial charge is 0.493 e.